The lowest BCUT2D eigenvalue weighted by molar-refractivity contribution is -0.125. The second-order valence-corrected chi connectivity index (χ2v) is 5.91. The van der Waals surface area contributed by atoms with Gasteiger partial charge in [0.1, 0.15) is 5.75 Å². The highest BCUT2D eigenvalue weighted by Crippen LogP contribution is 2.27. The van der Waals surface area contributed by atoms with Crippen molar-refractivity contribution in [3.63, 3.8) is 0 Å². The third kappa shape index (κ3) is 3.21. The minimum absolute atomic E-state index is 0.0630. The molecule has 2 N–H and O–H groups in total. The van der Waals surface area contributed by atoms with Crippen molar-refractivity contribution in [3.05, 3.63) is 40.7 Å². The number of oxime groups is 1. The number of halogens is 1. The van der Waals surface area contributed by atoms with Crippen molar-refractivity contribution < 1.29 is 14.7 Å². The van der Waals surface area contributed by atoms with Gasteiger partial charge in [-0.25, -0.2) is 0 Å². The van der Waals surface area contributed by atoms with Crippen molar-refractivity contribution in [1.29, 1.82) is 0 Å². The van der Waals surface area contributed by atoms with E-state index in [0.29, 0.717) is 17.2 Å². The van der Waals surface area contributed by atoms with Crippen LogP contribution in [0.5, 0.6) is 5.75 Å². The van der Waals surface area contributed by atoms with E-state index in [-0.39, 0.29) is 11.4 Å². The molecule has 1 aliphatic rings. The lowest BCUT2D eigenvalue weighted by Crippen LogP contribution is -2.28. The number of nitrogens with one attached hydrogen (secondary N) is 1. The average Bonchev–Trinajstić information content (AvgIpc) is 3.17. The number of hydrogen-bond donors (Lipinski definition) is 2. The fourth-order valence-electron chi connectivity index (χ4n) is 2.46. The SMILES string of the molecule is CCn1cc(C2=NOC(C(=O)Nc3cc(Cl)ccc3O)C2)c(C)n1. The summed E-state index contributed by atoms with van der Waals surface area (Å²) in [7, 11) is 0. The first-order valence-electron chi connectivity index (χ1n) is 7.54. The lowest BCUT2D eigenvalue weighted by atomic mass is 10.1. The maximum atomic E-state index is 12.3. The zero-order valence-electron chi connectivity index (χ0n) is 13.3. The second kappa shape index (κ2) is 6.52. The van der Waals surface area contributed by atoms with Crippen LogP contribution in [0.1, 0.15) is 24.6 Å². The van der Waals surface area contributed by atoms with Crippen molar-refractivity contribution in [1.82, 2.24) is 9.78 Å². The fourth-order valence-corrected chi connectivity index (χ4v) is 2.63. The Bertz CT molecular complexity index is 816. The highest BCUT2D eigenvalue weighted by Gasteiger charge is 2.30. The monoisotopic (exact) mass is 348 g/mol. The quantitative estimate of drug-likeness (QED) is 0.831. The summed E-state index contributed by atoms with van der Waals surface area (Å²) in [6.07, 6.45) is 1.46. The van der Waals surface area contributed by atoms with Gasteiger partial charge < -0.3 is 15.3 Å². The summed E-state index contributed by atoms with van der Waals surface area (Å²) in [5, 5.41) is 21.2. The third-order valence-corrected chi connectivity index (χ3v) is 3.99. The molecule has 3 rings (SSSR count). The summed E-state index contributed by atoms with van der Waals surface area (Å²) >= 11 is 5.87. The maximum absolute atomic E-state index is 12.3. The van der Waals surface area contributed by atoms with E-state index >= 15 is 0 Å². The molecule has 1 unspecified atom stereocenters. The molecule has 1 aromatic heterocycles. The van der Waals surface area contributed by atoms with Crippen LogP contribution < -0.4 is 5.32 Å². The molecule has 24 heavy (non-hydrogen) atoms. The van der Waals surface area contributed by atoms with E-state index in [0.717, 1.165) is 17.8 Å². The number of aryl methyl sites for hydroxylation is 2. The maximum Gasteiger partial charge on any atom is 0.268 e. The summed E-state index contributed by atoms with van der Waals surface area (Å²) in [5.74, 6) is -0.459. The number of aromatic hydroxyl groups is 1. The van der Waals surface area contributed by atoms with Gasteiger partial charge in [0, 0.05) is 29.7 Å². The Morgan fingerprint density at radius 3 is 3.04 bits per heavy atom. The van der Waals surface area contributed by atoms with E-state index in [1.165, 1.54) is 18.2 Å². The molecular formula is C16H17ClN4O3. The van der Waals surface area contributed by atoms with Crippen molar-refractivity contribution in [2.75, 3.05) is 5.32 Å². The van der Waals surface area contributed by atoms with Crippen LogP contribution in [0.25, 0.3) is 0 Å². The van der Waals surface area contributed by atoms with E-state index in [9.17, 15) is 9.90 Å². The van der Waals surface area contributed by atoms with E-state index in [4.69, 9.17) is 16.4 Å². The van der Waals surface area contributed by atoms with Crippen LogP contribution in [0.4, 0.5) is 5.69 Å². The number of carbonyl (C=O) groups excluding carboxylic acids is 1. The van der Waals surface area contributed by atoms with Gasteiger partial charge in [0.05, 0.1) is 17.1 Å². The molecule has 0 saturated carbocycles. The van der Waals surface area contributed by atoms with Gasteiger partial charge in [-0.05, 0) is 32.0 Å². The van der Waals surface area contributed by atoms with Crippen LogP contribution in [0.15, 0.2) is 29.6 Å². The Morgan fingerprint density at radius 1 is 1.54 bits per heavy atom. The minimum Gasteiger partial charge on any atom is -0.506 e. The number of aromatic nitrogens is 2. The summed E-state index contributed by atoms with van der Waals surface area (Å²) in [4.78, 5) is 17.6. The van der Waals surface area contributed by atoms with Crippen molar-refractivity contribution in [2.24, 2.45) is 5.16 Å². The molecule has 1 amide bonds. The fraction of sp³-hybridized carbons (Fsp3) is 0.312. The smallest absolute Gasteiger partial charge is 0.268 e. The van der Waals surface area contributed by atoms with Crippen LogP contribution in [-0.2, 0) is 16.2 Å². The molecule has 0 fully saturated rings. The van der Waals surface area contributed by atoms with Gasteiger partial charge in [-0.1, -0.05) is 16.8 Å². The first kappa shape index (κ1) is 16.3. The number of anilines is 1. The molecule has 7 nitrogen and oxygen atoms in total. The van der Waals surface area contributed by atoms with E-state index in [2.05, 4.69) is 15.6 Å². The highest BCUT2D eigenvalue weighted by atomic mass is 35.5. The molecule has 8 heteroatoms. The Kier molecular flexibility index (Phi) is 4.44. The highest BCUT2D eigenvalue weighted by molar-refractivity contribution is 6.31. The molecular weight excluding hydrogens is 332 g/mol. The van der Waals surface area contributed by atoms with Crippen LogP contribution in [0, 0.1) is 6.92 Å². The molecule has 2 aromatic rings. The van der Waals surface area contributed by atoms with Gasteiger partial charge in [-0.15, -0.1) is 0 Å². The number of hydrogen-bond acceptors (Lipinski definition) is 5. The number of nitrogens with zero attached hydrogens (tertiary/aromatic N) is 3. The summed E-state index contributed by atoms with van der Waals surface area (Å²) < 4.78 is 1.81. The molecule has 0 radical (unpaired) electrons. The Balaban J connectivity index is 1.69. The Morgan fingerprint density at radius 2 is 2.33 bits per heavy atom. The van der Waals surface area contributed by atoms with Gasteiger partial charge >= 0.3 is 0 Å². The molecule has 0 saturated heterocycles. The van der Waals surface area contributed by atoms with Crippen molar-refractivity contribution in [2.45, 2.75) is 32.9 Å². The summed E-state index contributed by atoms with van der Waals surface area (Å²) in [6, 6.07) is 4.42. The number of amides is 1. The number of phenolic OH excluding ortho intramolecular Hbond substituents is 1. The minimum atomic E-state index is -0.761. The molecule has 1 aromatic carbocycles. The van der Waals surface area contributed by atoms with E-state index < -0.39 is 12.0 Å². The van der Waals surface area contributed by atoms with Crippen LogP contribution >= 0.6 is 11.6 Å². The van der Waals surface area contributed by atoms with Gasteiger partial charge in [0.25, 0.3) is 5.91 Å². The standard InChI is InChI=1S/C16H17ClN4O3/c1-3-21-8-11(9(2)19-21)12-7-15(24-20-12)16(23)18-13-6-10(17)4-5-14(13)22/h4-6,8,15,22H,3,7H2,1-2H3,(H,18,23). The normalized spacial score (nSPS) is 16.6. The number of rotatable bonds is 4. The number of carbonyl (C=O) groups is 1. The van der Waals surface area contributed by atoms with Crippen molar-refractivity contribution in [3.8, 4) is 5.75 Å². The van der Waals surface area contributed by atoms with Crippen molar-refractivity contribution >= 4 is 28.9 Å². The molecule has 126 valence electrons. The van der Waals surface area contributed by atoms with Gasteiger partial charge in [0.15, 0.2) is 0 Å². The van der Waals surface area contributed by atoms with E-state index in [1.807, 2.05) is 24.7 Å². The molecule has 1 aliphatic heterocycles. The van der Waals surface area contributed by atoms with Crippen LogP contribution in [-0.4, -0.2) is 32.6 Å². The van der Waals surface area contributed by atoms with Crippen LogP contribution in [0.3, 0.4) is 0 Å². The van der Waals surface area contributed by atoms with Gasteiger partial charge in [-0.3, -0.25) is 9.48 Å². The van der Waals surface area contributed by atoms with Crippen LogP contribution in [0.2, 0.25) is 5.02 Å². The zero-order valence-corrected chi connectivity index (χ0v) is 14.0. The topological polar surface area (TPSA) is 88.7 Å². The second-order valence-electron chi connectivity index (χ2n) is 5.47. The third-order valence-electron chi connectivity index (χ3n) is 3.76. The molecule has 0 aliphatic carbocycles. The molecule has 0 bridgehead atoms. The first-order valence-corrected chi connectivity index (χ1v) is 7.92. The van der Waals surface area contributed by atoms with Gasteiger partial charge in [0.2, 0.25) is 6.10 Å². The lowest BCUT2D eigenvalue weighted by Gasteiger charge is -2.11. The number of phenols is 1. The summed E-state index contributed by atoms with van der Waals surface area (Å²) in [5.41, 5.74) is 2.63. The van der Waals surface area contributed by atoms with E-state index in [1.54, 1.807) is 0 Å². The molecule has 1 atom stereocenters. The Hall–Kier alpha value is -2.54. The van der Waals surface area contributed by atoms with Gasteiger partial charge in [-0.2, -0.15) is 5.10 Å². The molecule has 0 spiro atoms. The summed E-state index contributed by atoms with van der Waals surface area (Å²) in [6.45, 7) is 4.64. The Labute approximate surface area is 143 Å². The predicted molar refractivity (Wildman–Crippen MR) is 90.4 cm³/mol. The predicted octanol–water partition coefficient (Wildman–Crippen LogP) is 2.70. The number of benzene rings is 1. The average molecular weight is 349 g/mol. The first-order chi connectivity index (χ1) is 11.5. The molecule has 2 heterocycles. The largest absolute Gasteiger partial charge is 0.506 e. The zero-order chi connectivity index (χ0) is 17.3.